The van der Waals surface area contributed by atoms with Crippen LogP contribution < -0.4 is 4.90 Å². The van der Waals surface area contributed by atoms with Gasteiger partial charge in [-0.2, -0.15) is 5.26 Å². The van der Waals surface area contributed by atoms with Crippen LogP contribution in [0.2, 0.25) is 0 Å². The number of anilines is 1. The van der Waals surface area contributed by atoms with Crippen LogP contribution in [-0.4, -0.2) is 35.6 Å². The normalized spacial score (nSPS) is 16.0. The number of nitrogens with zero attached hydrogens (tertiary/aromatic N) is 3. The van der Waals surface area contributed by atoms with Gasteiger partial charge in [0.15, 0.2) is 0 Å². The molecule has 1 atom stereocenters. The van der Waals surface area contributed by atoms with Gasteiger partial charge < -0.3 is 10.0 Å². The van der Waals surface area contributed by atoms with E-state index in [-0.39, 0.29) is 5.75 Å². The summed E-state index contributed by atoms with van der Waals surface area (Å²) in [5.41, 5.74) is 1.40. The van der Waals surface area contributed by atoms with Crippen LogP contribution in [0.1, 0.15) is 25.8 Å². The zero-order valence-corrected chi connectivity index (χ0v) is 13.8. The van der Waals surface area contributed by atoms with Crippen LogP contribution in [0, 0.1) is 11.3 Å². The van der Waals surface area contributed by atoms with Gasteiger partial charge in [-0.05, 0) is 44.5 Å². The molecule has 0 spiro atoms. The van der Waals surface area contributed by atoms with E-state index in [0.717, 1.165) is 30.1 Å². The standard InChI is InChI=1S/C14H19N3OS.C2H4/c1-4-10(2)17-6-5-16(3)19-14-8-13(18)11(9-15)7-12(14)17;1-2/h7-8,10,18H,4-6H2,1-3H3;1-2H2. The second-order valence-corrected chi connectivity index (χ2v) is 6.09. The second-order valence-electron chi connectivity index (χ2n) is 4.84. The molecule has 0 aromatic heterocycles. The molecule has 2 rings (SSSR count). The third kappa shape index (κ3) is 3.93. The molecule has 1 aliphatic rings. The van der Waals surface area contributed by atoms with Gasteiger partial charge >= 0.3 is 0 Å². The van der Waals surface area contributed by atoms with Crippen LogP contribution in [0.25, 0.3) is 0 Å². The summed E-state index contributed by atoms with van der Waals surface area (Å²) in [7, 11) is 2.05. The van der Waals surface area contributed by atoms with E-state index in [0.29, 0.717) is 11.6 Å². The Labute approximate surface area is 131 Å². The van der Waals surface area contributed by atoms with Crippen molar-refractivity contribution in [1.29, 1.82) is 5.26 Å². The first-order chi connectivity index (χ1) is 10.1. The molecule has 4 nitrogen and oxygen atoms in total. The van der Waals surface area contributed by atoms with Crippen molar-refractivity contribution >= 4 is 17.6 Å². The number of phenolic OH excluding ortho intramolecular Hbond substituents is 1. The minimum absolute atomic E-state index is 0.0631. The fourth-order valence-corrected chi connectivity index (χ4v) is 3.15. The Kier molecular flexibility index (Phi) is 6.60. The van der Waals surface area contributed by atoms with Crippen LogP contribution in [0.5, 0.6) is 5.75 Å². The first-order valence-corrected chi connectivity index (χ1v) is 7.77. The maximum atomic E-state index is 9.85. The topological polar surface area (TPSA) is 50.5 Å². The number of hydrogen-bond donors (Lipinski definition) is 1. The van der Waals surface area contributed by atoms with Gasteiger partial charge in [-0.15, -0.1) is 13.2 Å². The Bertz CT molecular complexity index is 527. The summed E-state index contributed by atoms with van der Waals surface area (Å²) in [5.74, 6) is 0.0631. The van der Waals surface area contributed by atoms with Crippen LogP contribution >= 0.6 is 11.9 Å². The lowest BCUT2D eigenvalue weighted by Gasteiger charge is -2.30. The molecule has 0 fully saturated rings. The van der Waals surface area contributed by atoms with Gasteiger partial charge in [0.25, 0.3) is 0 Å². The maximum Gasteiger partial charge on any atom is 0.134 e. The van der Waals surface area contributed by atoms with Crippen molar-refractivity contribution in [3.63, 3.8) is 0 Å². The largest absolute Gasteiger partial charge is 0.507 e. The van der Waals surface area contributed by atoms with Crippen molar-refractivity contribution in [3.05, 3.63) is 30.9 Å². The summed E-state index contributed by atoms with van der Waals surface area (Å²) in [5, 5.41) is 18.9. The summed E-state index contributed by atoms with van der Waals surface area (Å²) in [6.45, 7) is 12.2. The highest BCUT2D eigenvalue weighted by atomic mass is 32.2. The van der Waals surface area contributed by atoms with Crippen LogP contribution in [-0.2, 0) is 0 Å². The molecule has 21 heavy (non-hydrogen) atoms. The van der Waals surface area contributed by atoms with Gasteiger partial charge in [0.1, 0.15) is 11.8 Å². The maximum absolute atomic E-state index is 9.85. The summed E-state index contributed by atoms with van der Waals surface area (Å²) in [4.78, 5) is 3.34. The Morgan fingerprint density at radius 2 is 2.10 bits per heavy atom. The highest BCUT2D eigenvalue weighted by Crippen LogP contribution is 2.39. The minimum atomic E-state index is 0.0631. The van der Waals surface area contributed by atoms with Crippen LogP contribution in [0.15, 0.2) is 30.2 Å². The third-order valence-electron chi connectivity index (χ3n) is 3.54. The Morgan fingerprint density at radius 3 is 2.67 bits per heavy atom. The van der Waals surface area contributed by atoms with E-state index in [2.05, 4.69) is 42.3 Å². The molecule has 1 N–H and O–H groups in total. The first-order valence-electron chi connectivity index (χ1n) is 6.99. The lowest BCUT2D eigenvalue weighted by atomic mass is 10.1. The smallest absolute Gasteiger partial charge is 0.134 e. The second kappa shape index (κ2) is 7.96. The number of likely N-dealkylation sites (N-methyl/N-ethyl adjacent to an activating group) is 1. The molecule has 0 amide bonds. The first kappa shape index (κ1) is 17.4. The van der Waals surface area contributed by atoms with E-state index in [1.165, 1.54) is 0 Å². The number of rotatable bonds is 2. The average molecular weight is 305 g/mol. The molecule has 0 radical (unpaired) electrons. The van der Waals surface area contributed by atoms with Gasteiger partial charge in [0.05, 0.1) is 16.1 Å². The van der Waals surface area contributed by atoms with Gasteiger partial charge in [0.2, 0.25) is 0 Å². The van der Waals surface area contributed by atoms with Crippen molar-refractivity contribution in [1.82, 2.24) is 4.31 Å². The van der Waals surface area contributed by atoms with Gasteiger partial charge in [-0.1, -0.05) is 6.92 Å². The van der Waals surface area contributed by atoms with Crippen molar-refractivity contribution < 1.29 is 5.11 Å². The molecule has 1 aromatic carbocycles. The Morgan fingerprint density at radius 1 is 1.43 bits per heavy atom. The number of fused-ring (bicyclic) bond motifs is 1. The number of aromatic hydroxyl groups is 1. The van der Waals surface area contributed by atoms with Crippen LogP contribution in [0.3, 0.4) is 0 Å². The summed E-state index contributed by atoms with van der Waals surface area (Å²) in [6, 6.07) is 5.99. The van der Waals surface area contributed by atoms with E-state index in [9.17, 15) is 5.11 Å². The minimum Gasteiger partial charge on any atom is -0.507 e. The van der Waals surface area contributed by atoms with E-state index >= 15 is 0 Å². The van der Waals surface area contributed by atoms with Gasteiger partial charge in [-0.25, -0.2) is 4.31 Å². The summed E-state index contributed by atoms with van der Waals surface area (Å²) >= 11 is 1.62. The van der Waals surface area contributed by atoms with Crippen molar-refractivity contribution in [3.8, 4) is 11.8 Å². The zero-order valence-electron chi connectivity index (χ0n) is 13.0. The fourth-order valence-electron chi connectivity index (χ4n) is 2.21. The molecule has 0 saturated carbocycles. The average Bonchev–Trinajstić information content (AvgIpc) is 2.65. The monoisotopic (exact) mass is 305 g/mol. The van der Waals surface area contributed by atoms with E-state index < -0.39 is 0 Å². The Hall–Kier alpha value is -1.64. The molecule has 1 aliphatic heterocycles. The van der Waals surface area contributed by atoms with E-state index in [1.54, 1.807) is 18.0 Å². The SMILES string of the molecule is C=C.CCC(C)N1CCN(C)Sc2cc(O)c(C#N)cc21. The highest BCUT2D eigenvalue weighted by molar-refractivity contribution is 7.97. The quantitative estimate of drug-likeness (QED) is 0.668. The molecular formula is C16H23N3OS. The molecule has 0 bridgehead atoms. The molecule has 0 saturated heterocycles. The molecule has 1 heterocycles. The number of nitriles is 1. The zero-order chi connectivity index (χ0) is 16.0. The summed E-state index contributed by atoms with van der Waals surface area (Å²) < 4.78 is 2.16. The molecule has 1 unspecified atom stereocenters. The summed E-state index contributed by atoms with van der Waals surface area (Å²) in [6.07, 6.45) is 1.05. The highest BCUT2D eigenvalue weighted by Gasteiger charge is 2.23. The van der Waals surface area contributed by atoms with Crippen molar-refractivity contribution in [2.75, 3.05) is 25.0 Å². The van der Waals surface area contributed by atoms with Gasteiger partial charge in [0, 0.05) is 19.1 Å². The molecule has 0 aliphatic carbocycles. The fraction of sp³-hybridized carbons (Fsp3) is 0.438. The van der Waals surface area contributed by atoms with E-state index in [4.69, 9.17) is 5.26 Å². The number of hydrogen-bond acceptors (Lipinski definition) is 5. The lowest BCUT2D eigenvalue weighted by Crippen LogP contribution is -2.36. The van der Waals surface area contributed by atoms with Gasteiger partial charge in [-0.3, -0.25) is 0 Å². The predicted molar refractivity (Wildman–Crippen MR) is 89.7 cm³/mol. The van der Waals surface area contributed by atoms with E-state index in [1.807, 2.05) is 13.1 Å². The third-order valence-corrected chi connectivity index (χ3v) is 4.56. The predicted octanol–water partition coefficient (Wildman–Crippen LogP) is 3.62. The number of phenols is 1. The number of benzene rings is 1. The van der Waals surface area contributed by atoms with Crippen LogP contribution in [0.4, 0.5) is 5.69 Å². The molecular weight excluding hydrogens is 282 g/mol. The lowest BCUT2D eigenvalue weighted by molar-refractivity contribution is 0.472. The van der Waals surface area contributed by atoms with Crippen molar-refractivity contribution in [2.24, 2.45) is 0 Å². The Balaban J connectivity index is 0.00000106. The molecule has 114 valence electrons. The molecule has 5 heteroatoms. The van der Waals surface area contributed by atoms with Crippen molar-refractivity contribution in [2.45, 2.75) is 31.2 Å². The molecule has 1 aromatic rings.